The molecule has 0 amide bonds. The van der Waals surface area contributed by atoms with E-state index in [0.29, 0.717) is 18.6 Å². The summed E-state index contributed by atoms with van der Waals surface area (Å²) in [7, 11) is 0. The normalized spacial score (nSPS) is 42.3. The molecular formula is C22H24O5. The van der Waals surface area contributed by atoms with Crippen molar-refractivity contribution < 1.29 is 23.8 Å². The Hall–Kier alpha value is -1.98. The van der Waals surface area contributed by atoms with Crippen molar-refractivity contribution in [3.8, 4) is 0 Å². The summed E-state index contributed by atoms with van der Waals surface area (Å²) >= 11 is 0. The lowest BCUT2D eigenvalue weighted by atomic mass is 9.52. The van der Waals surface area contributed by atoms with E-state index in [-0.39, 0.29) is 23.7 Å². The zero-order valence-corrected chi connectivity index (χ0v) is 15.7. The molecule has 0 unspecified atom stereocenters. The third kappa shape index (κ3) is 2.07. The first-order valence-electron chi connectivity index (χ1n) is 9.65. The zero-order chi connectivity index (χ0) is 18.9. The number of carbonyl (C=O) groups is 2. The van der Waals surface area contributed by atoms with Crippen molar-refractivity contribution in [2.45, 2.75) is 57.5 Å². The number of allylic oxidation sites excluding steroid dienone is 1. The topological polar surface area (TPSA) is 61.8 Å². The van der Waals surface area contributed by atoms with Gasteiger partial charge in [0.25, 0.3) is 0 Å². The Labute approximate surface area is 158 Å². The Morgan fingerprint density at radius 1 is 1.22 bits per heavy atom. The summed E-state index contributed by atoms with van der Waals surface area (Å²) < 4.78 is 18.5. The summed E-state index contributed by atoms with van der Waals surface area (Å²) in [5, 5.41) is 0. The van der Waals surface area contributed by atoms with Crippen LogP contribution in [-0.2, 0) is 19.0 Å². The second-order valence-corrected chi connectivity index (χ2v) is 8.73. The van der Waals surface area contributed by atoms with Gasteiger partial charge in [0.1, 0.15) is 11.4 Å². The van der Waals surface area contributed by atoms with Crippen LogP contribution in [0.25, 0.3) is 0 Å². The first kappa shape index (κ1) is 17.1. The number of hydrogen-bond donors (Lipinski definition) is 0. The van der Waals surface area contributed by atoms with Crippen molar-refractivity contribution in [1.82, 2.24) is 0 Å². The van der Waals surface area contributed by atoms with E-state index in [1.807, 2.05) is 6.07 Å². The van der Waals surface area contributed by atoms with Crippen LogP contribution in [-0.4, -0.2) is 36.4 Å². The van der Waals surface area contributed by atoms with Gasteiger partial charge < -0.3 is 14.2 Å². The van der Waals surface area contributed by atoms with Crippen molar-refractivity contribution >= 4 is 11.8 Å². The maximum atomic E-state index is 12.7. The Morgan fingerprint density at radius 3 is 2.78 bits per heavy atom. The number of rotatable bonds is 2. The highest BCUT2D eigenvalue weighted by molar-refractivity contribution is 5.90. The SMILES string of the molecule is CC1=C[C@@H]2O[C@H](OC(=O)c3ccccc3)[C@@]34CC(=O)C[C@]3(C)[C@]2(CC1)CO4. The average Bonchev–Trinajstić information content (AvgIpc) is 2.99. The number of Topliss-reactive ketones (excluding diaryl/α,β-unsaturated/α-hetero) is 1. The predicted octanol–water partition coefficient (Wildman–Crippen LogP) is 3.43. The fourth-order valence-electron chi connectivity index (χ4n) is 5.81. The molecule has 27 heavy (non-hydrogen) atoms. The molecule has 5 atom stereocenters. The summed E-state index contributed by atoms with van der Waals surface area (Å²) in [4.78, 5) is 25.3. The van der Waals surface area contributed by atoms with Crippen molar-refractivity contribution in [1.29, 1.82) is 0 Å². The molecule has 1 saturated carbocycles. The van der Waals surface area contributed by atoms with E-state index in [9.17, 15) is 9.59 Å². The van der Waals surface area contributed by atoms with E-state index in [1.54, 1.807) is 24.3 Å². The van der Waals surface area contributed by atoms with Gasteiger partial charge in [-0.3, -0.25) is 4.79 Å². The molecule has 4 aliphatic rings. The lowest BCUT2D eigenvalue weighted by Crippen LogP contribution is -2.65. The van der Waals surface area contributed by atoms with Crippen molar-refractivity contribution in [3.63, 3.8) is 0 Å². The molecule has 5 nitrogen and oxygen atoms in total. The highest BCUT2D eigenvalue weighted by atomic mass is 16.7. The van der Waals surface area contributed by atoms with Crippen LogP contribution in [0.3, 0.4) is 0 Å². The molecule has 0 radical (unpaired) electrons. The number of ketones is 1. The first-order chi connectivity index (χ1) is 12.9. The van der Waals surface area contributed by atoms with E-state index in [1.165, 1.54) is 5.57 Å². The van der Waals surface area contributed by atoms with Crippen LogP contribution in [0, 0.1) is 10.8 Å². The lowest BCUT2D eigenvalue weighted by Gasteiger charge is -2.56. The molecule has 142 valence electrons. The quantitative estimate of drug-likeness (QED) is 0.591. The van der Waals surface area contributed by atoms with Crippen molar-refractivity contribution in [2.24, 2.45) is 10.8 Å². The van der Waals surface area contributed by atoms with Gasteiger partial charge in [-0.1, -0.05) is 36.8 Å². The molecule has 2 heterocycles. The standard InChI is InChI=1S/C22H24O5/c1-14-8-9-21-13-25-22(12-16(23)11-20(21,22)2)19(26-17(21)10-14)27-18(24)15-6-4-3-5-7-15/h3-7,10,17,19H,8-9,11-13H2,1-2H3/t17-,19+,20+,21+,22-/m0/s1. The molecule has 2 aliphatic carbocycles. The number of benzene rings is 1. The van der Waals surface area contributed by atoms with Gasteiger partial charge in [0.2, 0.25) is 6.29 Å². The Kier molecular flexibility index (Phi) is 3.50. The van der Waals surface area contributed by atoms with Gasteiger partial charge in [0.05, 0.1) is 18.3 Å². The fraction of sp³-hybridized carbons (Fsp3) is 0.545. The van der Waals surface area contributed by atoms with E-state index in [0.717, 1.165) is 12.8 Å². The molecule has 2 aliphatic heterocycles. The van der Waals surface area contributed by atoms with Gasteiger partial charge in [0.15, 0.2) is 0 Å². The van der Waals surface area contributed by atoms with Crippen LogP contribution >= 0.6 is 0 Å². The van der Waals surface area contributed by atoms with Crippen LogP contribution in [0.15, 0.2) is 42.0 Å². The highest BCUT2D eigenvalue weighted by Gasteiger charge is 2.79. The van der Waals surface area contributed by atoms with Crippen LogP contribution in [0.5, 0.6) is 0 Å². The van der Waals surface area contributed by atoms with Crippen molar-refractivity contribution in [2.75, 3.05) is 6.61 Å². The largest absolute Gasteiger partial charge is 0.429 e. The number of ether oxygens (including phenoxy) is 3. The molecule has 1 aromatic carbocycles. The maximum absolute atomic E-state index is 12.7. The Balaban J connectivity index is 1.56. The Bertz CT molecular complexity index is 846. The smallest absolute Gasteiger partial charge is 0.340 e. The third-order valence-corrected chi connectivity index (χ3v) is 7.45. The van der Waals surface area contributed by atoms with Gasteiger partial charge >= 0.3 is 5.97 Å². The maximum Gasteiger partial charge on any atom is 0.340 e. The molecule has 2 bridgehead atoms. The van der Waals surface area contributed by atoms with Crippen LogP contribution in [0.4, 0.5) is 0 Å². The molecular weight excluding hydrogens is 344 g/mol. The zero-order valence-electron chi connectivity index (χ0n) is 15.7. The molecule has 1 aromatic rings. The van der Waals surface area contributed by atoms with E-state index in [2.05, 4.69) is 19.9 Å². The molecule has 0 N–H and O–H groups in total. The number of carbonyl (C=O) groups excluding carboxylic acids is 2. The average molecular weight is 368 g/mol. The minimum absolute atomic E-state index is 0.160. The lowest BCUT2D eigenvalue weighted by molar-refractivity contribution is -0.289. The Morgan fingerprint density at radius 2 is 2.00 bits per heavy atom. The molecule has 5 rings (SSSR count). The summed E-state index contributed by atoms with van der Waals surface area (Å²) in [6.45, 7) is 4.78. The van der Waals surface area contributed by atoms with E-state index < -0.39 is 23.3 Å². The van der Waals surface area contributed by atoms with Gasteiger partial charge in [0, 0.05) is 23.7 Å². The van der Waals surface area contributed by atoms with Gasteiger partial charge in [-0.05, 0) is 31.9 Å². The molecule has 2 saturated heterocycles. The minimum atomic E-state index is -0.885. The van der Waals surface area contributed by atoms with Crippen LogP contribution in [0.2, 0.25) is 0 Å². The predicted molar refractivity (Wildman–Crippen MR) is 97.0 cm³/mol. The molecule has 5 heteroatoms. The number of esters is 1. The minimum Gasteiger partial charge on any atom is -0.429 e. The van der Waals surface area contributed by atoms with Crippen LogP contribution in [0.1, 0.15) is 49.9 Å². The molecule has 1 spiro atoms. The second-order valence-electron chi connectivity index (χ2n) is 8.73. The van der Waals surface area contributed by atoms with Gasteiger partial charge in [-0.25, -0.2) is 4.79 Å². The summed E-state index contributed by atoms with van der Waals surface area (Å²) in [6, 6.07) is 8.87. The fourth-order valence-corrected chi connectivity index (χ4v) is 5.81. The van der Waals surface area contributed by atoms with Crippen molar-refractivity contribution in [3.05, 3.63) is 47.5 Å². The monoisotopic (exact) mass is 368 g/mol. The highest BCUT2D eigenvalue weighted by Crippen LogP contribution is 2.71. The number of hydrogen-bond acceptors (Lipinski definition) is 5. The summed E-state index contributed by atoms with van der Waals surface area (Å²) in [5.74, 6) is -0.288. The third-order valence-electron chi connectivity index (χ3n) is 7.45. The summed E-state index contributed by atoms with van der Waals surface area (Å²) in [5.41, 5.74) is 0.233. The van der Waals surface area contributed by atoms with E-state index >= 15 is 0 Å². The first-order valence-corrected chi connectivity index (χ1v) is 9.65. The molecule has 0 aromatic heterocycles. The second kappa shape index (κ2) is 5.52. The van der Waals surface area contributed by atoms with Gasteiger partial charge in [-0.2, -0.15) is 0 Å². The van der Waals surface area contributed by atoms with Crippen LogP contribution < -0.4 is 0 Å². The van der Waals surface area contributed by atoms with E-state index in [4.69, 9.17) is 14.2 Å². The van der Waals surface area contributed by atoms with Gasteiger partial charge in [-0.15, -0.1) is 0 Å². The summed E-state index contributed by atoms with van der Waals surface area (Å²) in [6.07, 6.45) is 3.67. The molecule has 3 fully saturated rings.